The van der Waals surface area contributed by atoms with Crippen LogP contribution in [0.1, 0.15) is 168 Å². The zero-order valence-corrected chi connectivity index (χ0v) is 23.3. The van der Waals surface area contributed by atoms with Gasteiger partial charge in [0.25, 0.3) is 0 Å². The van der Waals surface area contributed by atoms with Gasteiger partial charge in [-0.15, -0.1) is 0 Å². The lowest BCUT2D eigenvalue weighted by Crippen LogP contribution is -2.03. The van der Waals surface area contributed by atoms with Crippen molar-refractivity contribution in [2.75, 3.05) is 6.61 Å². The molecule has 0 heterocycles. The first-order valence-electron chi connectivity index (χ1n) is 15.3. The summed E-state index contributed by atoms with van der Waals surface area (Å²) in [6, 6.07) is 0. The Hall–Kier alpha value is -1.05. The molecule has 2 heteroatoms. The Labute approximate surface area is 214 Å². The minimum atomic E-state index is -0.0367. The summed E-state index contributed by atoms with van der Waals surface area (Å²) in [7, 11) is 0. The van der Waals surface area contributed by atoms with Crippen LogP contribution >= 0.6 is 0 Å². The van der Waals surface area contributed by atoms with Gasteiger partial charge in [-0.2, -0.15) is 0 Å². The summed E-state index contributed by atoms with van der Waals surface area (Å²) in [4.78, 5) is 11.8. The van der Waals surface area contributed by atoms with E-state index in [2.05, 4.69) is 32.1 Å². The molecule has 2 nitrogen and oxygen atoms in total. The van der Waals surface area contributed by atoms with Crippen molar-refractivity contribution in [1.82, 2.24) is 0 Å². The normalized spacial score (nSPS) is 11.7. The highest BCUT2D eigenvalue weighted by atomic mass is 16.5. The second-order valence-corrected chi connectivity index (χ2v) is 10.1. The van der Waals surface area contributed by atoms with Gasteiger partial charge in [-0.25, -0.2) is 0 Å². The van der Waals surface area contributed by atoms with Crippen LogP contribution in [-0.2, 0) is 9.53 Å². The Morgan fingerprint density at radius 3 is 1.29 bits per heavy atom. The molecule has 0 unspecified atom stereocenters. The highest BCUT2D eigenvalue weighted by Gasteiger charge is 2.01. The Kier molecular flexibility index (Phi) is 29.1. The third-order valence-corrected chi connectivity index (χ3v) is 6.62. The number of carbonyl (C=O) groups is 1. The van der Waals surface area contributed by atoms with Crippen LogP contribution in [0.25, 0.3) is 0 Å². The molecule has 0 radical (unpaired) electrons. The number of rotatable bonds is 27. The molecule has 0 saturated heterocycles. The van der Waals surface area contributed by atoms with Crippen LogP contribution in [0, 0.1) is 0 Å². The molecule has 0 saturated carbocycles. The fourth-order valence-electron chi connectivity index (χ4n) is 4.31. The number of allylic oxidation sites excluding steroid dienone is 3. The summed E-state index contributed by atoms with van der Waals surface area (Å²) < 4.78 is 5.32. The smallest absolute Gasteiger partial charge is 0.306 e. The zero-order chi connectivity index (χ0) is 24.8. The van der Waals surface area contributed by atoms with Crippen molar-refractivity contribution in [2.45, 2.75) is 168 Å². The van der Waals surface area contributed by atoms with Gasteiger partial charge in [-0.05, 0) is 44.9 Å². The van der Waals surface area contributed by atoms with E-state index < -0.39 is 0 Å². The van der Waals surface area contributed by atoms with Gasteiger partial charge in [0.2, 0.25) is 0 Å². The maximum absolute atomic E-state index is 11.8. The molecule has 34 heavy (non-hydrogen) atoms. The average Bonchev–Trinajstić information content (AvgIpc) is 2.84. The maximum atomic E-state index is 11.8. The molecule has 0 aromatic rings. The number of unbranched alkanes of at least 4 members (excludes halogenated alkanes) is 20. The maximum Gasteiger partial charge on any atom is 0.306 e. The Morgan fingerprint density at radius 2 is 0.824 bits per heavy atom. The third-order valence-electron chi connectivity index (χ3n) is 6.62. The quantitative estimate of drug-likeness (QED) is 0.0669. The summed E-state index contributed by atoms with van der Waals surface area (Å²) in [6.45, 7) is 4.99. The van der Waals surface area contributed by atoms with Crippen molar-refractivity contribution >= 4 is 5.97 Å². The zero-order valence-electron chi connectivity index (χ0n) is 23.3. The lowest BCUT2D eigenvalue weighted by atomic mass is 10.1. The van der Waals surface area contributed by atoms with E-state index in [0.717, 1.165) is 19.3 Å². The Balaban J connectivity index is 3.26. The van der Waals surface area contributed by atoms with Crippen LogP contribution in [0.5, 0.6) is 0 Å². The molecule has 0 amide bonds. The first-order valence-corrected chi connectivity index (χ1v) is 15.3. The molecule has 0 rings (SSSR count). The predicted molar refractivity (Wildman–Crippen MR) is 151 cm³/mol. The summed E-state index contributed by atoms with van der Waals surface area (Å²) in [5.74, 6) is -0.0367. The topological polar surface area (TPSA) is 26.3 Å². The molecule has 0 spiro atoms. The van der Waals surface area contributed by atoms with Gasteiger partial charge in [-0.1, -0.05) is 141 Å². The van der Waals surface area contributed by atoms with Crippen LogP contribution in [0.2, 0.25) is 0 Å². The number of esters is 1. The molecule has 0 bridgehead atoms. The summed E-state index contributed by atoms with van der Waals surface area (Å²) in [5.41, 5.74) is 0. The molecular formula is C32H60O2. The number of hydrogen-bond acceptors (Lipinski definition) is 2. The Bertz CT molecular complexity index is 452. The predicted octanol–water partition coefficient (Wildman–Crippen LogP) is 11.0. The van der Waals surface area contributed by atoms with Crippen molar-refractivity contribution < 1.29 is 9.53 Å². The van der Waals surface area contributed by atoms with Gasteiger partial charge in [0.1, 0.15) is 6.61 Å². The van der Waals surface area contributed by atoms with E-state index in [9.17, 15) is 4.79 Å². The molecule has 0 aromatic carbocycles. The number of hydrogen-bond donors (Lipinski definition) is 0. The molecule has 0 aromatic heterocycles. The van der Waals surface area contributed by atoms with Crippen LogP contribution in [0.4, 0.5) is 0 Å². The second kappa shape index (κ2) is 30.0. The Morgan fingerprint density at radius 1 is 0.471 bits per heavy atom. The van der Waals surface area contributed by atoms with E-state index in [4.69, 9.17) is 4.74 Å². The van der Waals surface area contributed by atoms with Crippen LogP contribution in [-0.4, -0.2) is 12.6 Å². The second-order valence-electron chi connectivity index (χ2n) is 10.1. The molecule has 0 aliphatic rings. The van der Waals surface area contributed by atoms with Gasteiger partial charge in [0.05, 0.1) is 0 Å². The summed E-state index contributed by atoms with van der Waals surface area (Å²) in [6.07, 6.45) is 39.6. The van der Waals surface area contributed by atoms with Crippen molar-refractivity contribution in [1.29, 1.82) is 0 Å². The van der Waals surface area contributed by atoms with E-state index in [-0.39, 0.29) is 5.97 Å². The van der Waals surface area contributed by atoms with Crippen LogP contribution in [0.3, 0.4) is 0 Å². The van der Waals surface area contributed by atoms with Crippen molar-refractivity contribution in [3.63, 3.8) is 0 Å². The first kappa shape index (κ1) is 33.0. The van der Waals surface area contributed by atoms with Crippen molar-refractivity contribution in [2.24, 2.45) is 0 Å². The highest BCUT2D eigenvalue weighted by Crippen LogP contribution is 2.12. The third kappa shape index (κ3) is 29.0. The van der Waals surface area contributed by atoms with Crippen molar-refractivity contribution in [3.8, 4) is 0 Å². The van der Waals surface area contributed by atoms with Crippen LogP contribution in [0.15, 0.2) is 24.3 Å². The fraction of sp³-hybridized carbons (Fsp3) is 0.844. The highest BCUT2D eigenvalue weighted by molar-refractivity contribution is 5.69. The number of ether oxygens (including phenoxy) is 1. The average molecular weight is 477 g/mol. The standard InChI is InChI=1S/C32H60O2/c1-3-5-7-9-11-13-15-17-19-21-23-25-27-29-31-34-32(33)30-28-26-24-22-20-18-16-14-12-10-8-6-4-2/h14,16,27,29H,3-13,15,17-26,28,30-31H2,1-2H3/b16-14-,29-27?. The molecule has 0 atom stereocenters. The fourth-order valence-corrected chi connectivity index (χ4v) is 4.31. The van der Waals surface area contributed by atoms with Gasteiger partial charge in [0.15, 0.2) is 0 Å². The number of carbonyl (C=O) groups excluding carboxylic acids is 1. The van der Waals surface area contributed by atoms with E-state index in [1.165, 1.54) is 128 Å². The van der Waals surface area contributed by atoms with Gasteiger partial charge in [-0.3, -0.25) is 4.79 Å². The lowest BCUT2D eigenvalue weighted by molar-refractivity contribution is -0.142. The van der Waals surface area contributed by atoms with Crippen molar-refractivity contribution in [3.05, 3.63) is 24.3 Å². The molecule has 200 valence electrons. The molecule has 0 fully saturated rings. The monoisotopic (exact) mass is 476 g/mol. The van der Waals surface area contributed by atoms with Gasteiger partial charge < -0.3 is 4.74 Å². The van der Waals surface area contributed by atoms with E-state index in [1.54, 1.807) is 0 Å². The van der Waals surface area contributed by atoms with Gasteiger partial charge >= 0.3 is 5.97 Å². The van der Waals surface area contributed by atoms with Crippen LogP contribution < -0.4 is 0 Å². The lowest BCUT2D eigenvalue weighted by Gasteiger charge is -2.03. The molecule has 0 aliphatic carbocycles. The minimum absolute atomic E-state index is 0.0367. The molecular weight excluding hydrogens is 416 g/mol. The van der Waals surface area contributed by atoms with Gasteiger partial charge in [0, 0.05) is 6.42 Å². The minimum Gasteiger partial charge on any atom is -0.461 e. The molecule has 0 aliphatic heterocycles. The molecule has 0 N–H and O–H groups in total. The summed E-state index contributed by atoms with van der Waals surface area (Å²) in [5, 5.41) is 0. The first-order chi connectivity index (χ1) is 16.8. The van der Waals surface area contributed by atoms with E-state index in [0.29, 0.717) is 13.0 Å². The van der Waals surface area contributed by atoms with E-state index in [1.807, 2.05) is 6.08 Å². The SMILES string of the molecule is CCCCCC/C=C\CCCCCCCC(=O)OCC=CCCCCCCCCCCCCC. The largest absolute Gasteiger partial charge is 0.461 e. The van der Waals surface area contributed by atoms with E-state index >= 15 is 0 Å². The summed E-state index contributed by atoms with van der Waals surface area (Å²) >= 11 is 0.